The van der Waals surface area contributed by atoms with Gasteiger partial charge in [0.2, 0.25) is 0 Å². The van der Waals surface area contributed by atoms with Gasteiger partial charge in [-0.05, 0) is 42.5 Å². The molecule has 0 aliphatic carbocycles. The van der Waals surface area contributed by atoms with E-state index in [9.17, 15) is 0 Å². The summed E-state index contributed by atoms with van der Waals surface area (Å²) in [6.45, 7) is 10.3. The first-order valence-electron chi connectivity index (χ1n) is 12.1. The van der Waals surface area contributed by atoms with Crippen molar-refractivity contribution in [2.24, 2.45) is 0 Å². The van der Waals surface area contributed by atoms with Crippen LogP contribution in [-0.2, 0) is 26.2 Å². The smallest absolute Gasteiger partial charge is 0.140 e. The van der Waals surface area contributed by atoms with Crippen LogP contribution in [0.3, 0.4) is 0 Å². The molecule has 3 nitrogen and oxygen atoms in total. The van der Waals surface area contributed by atoms with E-state index < -0.39 is 0 Å². The molecule has 4 aromatic rings. The summed E-state index contributed by atoms with van der Waals surface area (Å²) in [4.78, 5) is 7.40. The lowest BCUT2D eigenvalue weighted by molar-refractivity contribution is 0.241. The summed E-state index contributed by atoms with van der Waals surface area (Å²) < 4.78 is 2.43. The van der Waals surface area contributed by atoms with Crippen LogP contribution in [-0.4, -0.2) is 14.5 Å². The fourth-order valence-corrected chi connectivity index (χ4v) is 4.32. The fourth-order valence-electron chi connectivity index (χ4n) is 4.32. The van der Waals surface area contributed by atoms with Gasteiger partial charge in [-0.15, -0.1) is 0 Å². The summed E-state index contributed by atoms with van der Waals surface area (Å²) in [5.41, 5.74) is 7.86. The van der Waals surface area contributed by atoms with E-state index in [0.29, 0.717) is 0 Å². The summed E-state index contributed by atoms with van der Waals surface area (Å²) in [6, 6.07) is 28.2. The van der Waals surface area contributed by atoms with Crippen molar-refractivity contribution in [3.8, 4) is 11.4 Å². The predicted molar refractivity (Wildman–Crippen MR) is 138 cm³/mol. The number of benzene rings is 3. The quantitative estimate of drug-likeness (QED) is 0.262. The lowest BCUT2D eigenvalue weighted by Crippen LogP contribution is -2.24. The van der Waals surface area contributed by atoms with Crippen LogP contribution >= 0.6 is 0 Å². The van der Waals surface area contributed by atoms with E-state index in [2.05, 4.69) is 115 Å². The van der Waals surface area contributed by atoms with Gasteiger partial charge < -0.3 is 4.57 Å². The number of hydrogen-bond donors (Lipinski definition) is 0. The summed E-state index contributed by atoms with van der Waals surface area (Å²) in [7, 11) is 0. The molecule has 4 rings (SSSR count). The van der Waals surface area contributed by atoms with E-state index in [0.717, 1.165) is 38.4 Å². The molecule has 0 atom stereocenters. The fraction of sp³-hybridized carbons (Fsp3) is 0.300. The number of aryl methyl sites for hydroxylation is 2. The lowest BCUT2D eigenvalue weighted by Gasteiger charge is -2.24. The van der Waals surface area contributed by atoms with Crippen LogP contribution in [0.4, 0.5) is 0 Å². The second kappa shape index (κ2) is 11.1. The Labute approximate surface area is 198 Å². The molecule has 0 saturated heterocycles. The maximum Gasteiger partial charge on any atom is 0.140 e. The Morgan fingerprint density at radius 2 is 1.45 bits per heavy atom. The molecule has 0 bridgehead atoms. The van der Waals surface area contributed by atoms with E-state index >= 15 is 0 Å². The van der Waals surface area contributed by atoms with Gasteiger partial charge in [0.15, 0.2) is 0 Å². The van der Waals surface area contributed by atoms with Crippen molar-refractivity contribution in [2.75, 3.05) is 0 Å². The molecule has 0 aliphatic rings. The van der Waals surface area contributed by atoms with Crippen LogP contribution in [0.5, 0.6) is 0 Å². The van der Waals surface area contributed by atoms with Gasteiger partial charge in [-0.3, -0.25) is 4.90 Å². The molecule has 1 aromatic heterocycles. The van der Waals surface area contributed by atoms with Crippen LogP contribution < -0.4 is 0 Å². The molecule has 0 saturated carbocycles. The molecule has 0 aliphatic heterocycles. The molecule has 170 valence electrons. The highest BCUT2D eigenvalue weighted by molar-refractivity contribution is 5.55. The lowest BCUT2D eigenvalue weighted by atomic mass is 10.1. The van der Waals surface area contributed by atoms with Crippen LogP contribution in [0.25, 0.3) is 11.4 Å². The molecule has 3 aromatic carbocycles. The third-order valence-corrected chi connectivity index (χ3v) is 6.32. The zero-order valence-electron chi connectivity index (χ0n) is 20.2. The second-order valence-corrected chi connectivity index (χ2v) is 8.99. The highest BCUT2D eigenvalue weighted by atomic mass is 15.2. The molecule has 33 heavy (non-hydrogen) atoms. The standard InChI is InChI=1S/C30H35N3/c1-4-5-18-33-29(20-31-30(33)28-14-10-7-11-15-28)23-32(21-26-12-8-6-9-13-26)22-27-17-16-24(2)25(3)19-27/h6-17,19-20H,4-5,18,21-23H2,1-3H3. The Morgan fingerprint density at radius 3 is 2.15 bits per heavy atom. The molecule has 0 N–H and O–H groups in total. The van der Waals surface area contributed by atoms with Crippen molar-refractivity contribution >= 4 is 0 Å². The minimum absolute atomic E-state index is 0.866. The molecule has 3 heteroatoms. The number of unbranched alkanes of at least 4 members (excludes halogenated alkanes) is 1. The Hall–Kier alpha value is -3.17. The largest absolute Gasteiger partial charge is 0.327 e. The average molecular weight is 438 g/mol. The number of imidazole rings is 1. The minimum Gasteiger partial charge on any atom is -0.327 e. The average Bonchev–Trinajstić information content (AvgIpc) is 3.23. The molecule has 0 radical (unpaired) electrons. The Morgan fingerprint density at radius 1 is 0.758 bits per heavy atom. The van der Waals surface area contributed by atoms with Gasteiger partial charge in [0.25, 0.3) is 0 Å². The van der Waals surface area contributed by atoms with Crippen LogP contribution in [0.2, 0.25) is 0 Å². The number of rotatable bonds is 10. The highest BCUT2D eigenvalue weighted by Gasteiger charge is 2.16. The maximum absolute atomic E-state index is 4.87. The zero-order valence-corrected chi connectivity index (χ0v) is 20.2. The van der Waals surface area contributed by atoms with Gasteiger partial charge in [-0.1, -0.05) is 92.2 Å². The SMILES string of the molecule is CCCCn1c(CN(Cc2ccccc2)Cc2ccc(C)c(C)c2)cnc1-c1ccccc1. The summed E-state index contributed by atoms with van der Waals surface area (Å²) in [5, 5.41) is 0. The minimum atomic E-state index is 0.866. The Balaban J connectivity index is 1.64. The normalized spacial score (nSPS) is 11.3. The Bertz CT molecular complexity index is 1150. The van der Waals surface area contributed by atoms with E-state index in [4.69, 9.17) is 4.98 Å². The van der Waals surface area contributed by atoms with Gasteiger partial charge >= 0.3 is 0 Å². The molecule has 0 spiro atoms. The van der Waals surface area contributed by atoms with E-state index in [1.165, 1.54) is 39.9 Å². The number of nitrogens with zero attached hydrogens (tertiary/aromatic N) is 3. The first-order chi connectivity index (χ1) is 16.1. The van der Waals surface area contributed by atoms with Gasteiger partial charge in [0, 0.05) is 31.7 Å². The summed E-state index contributed by atoms with van der Waals surface area (Å²) in [5.74, 6) is 1.07. The molecule has 0 amide bonds. The third kappa shape index (κ3) is 6.00. The van der Waals surface area contributed by atoms with Crippen LogP contribution in [0.15, 0.2) is 85.1 Å². The van der Waals surface area contributed by atoms with Crippen LogP contribution in [0.1, 0.15) is 47.7 Å². The van der Waals surface area contributed by atoms with Gasteiger partial charge in [0.1, 0.15) is 5.82 Å². The van der Waals surface area contributed by atoms with Crippen molar-refractivity contribution < 1.29 is 0 Å². The van der Waals surface area contributed by atoms with Crippen molar-refractivity contribution in [3.05, 3.63) is 113 Å². The maximum atomic E-state index is 4.87. The molecule has 0 unspecified atom stereocenters. The molecule has 1 heterocycles. The van der Waals surface area contributed by atoms with Crippen LogP contribution in [0, 0.1) is 13.8 Å². The van der Waals surface area contributed by atoms with E-state index in [1.54, 1.807) is 0 Å². The zero-order chi connectivity index (χ0) is 23.0. The van der Waals surface area contributed by atoms with Crippen molar-refractivity contribution in [1.82, 2.24) is 14.5 Å². The number of hydrogen-bond acceptors (Lipinski definition) is 2. The van der Waals surface area contributed by atoms with E-state index in [1.807, 2.05) is 0 Å². The topological polar surface area (TPSA) is 21.1 Å². The first kappa shape index (κ1) is 23.0. The summed E-state index contributed by atoms with van der Waals surface area (Å²) >= 11 is 0. The molecular weight excluding hydrogens is 402 g/mol. The first-order valence-corrected chi connectivity index (χ1v) is 12.1. The van der Waals surface area contributed by atoms with E-state index in [-0.39, 0.29) is 0 Å². The van der Waals surface area contributed by atoms with Crippen molar-refractivity contribution in [1.29, 1.82) is 0 Å². The van der Waals surface area contributed by atoms with Crippen molar-refractivity contribution in [3.63, 3.8) is 0 Å². The molecular formula is C30H35N3. The third-order valence-electron chi connectivity index (χ3n) is 6.32. The second-order valence-electron chi connectivity index (χ2n) is 8.99. The molecule has 0 fully saturated rings. The number of aromatic nitrogens is 2. The summed E-state index contributed by atoms with van der Waals surface area (Å²) in [6.07, 6.45) is 4.40. The Kier molecular flexibility index (Phi) is 7.74. The van der Waals surface area contributed by atoms with Gasteiger partial charge in [-0.25, -0.2) is 4.98 Å². The van der Waals surface area contributed by atoms with Crippen molar-refractivity contribution in [2.45, 2.75) is 59.8 Å². The predicted octanol–water partition coefficient (Wildman–Crippen LogP) is 7.17. The highest BCUT2D eigenvalue weighted by Crippen LogP contribution is 2.23. The monoisotopic (exact) mass is 437 g/mol. The van der Waals surface area contributed by atoms with Gasteiger partial charge in [-0.2, -0.15) is 0 Å². The van der Waals surface area contributed by atoms with Gasteiger partial charge in [0.05, 0.1) is 11.9 Å².